The summed E-state index contributed by atoms with van der Waals surface area (Å²) in [5, 5.41) is 0. The highest BCUT2D eigenvalue weighted by molar-refractivity contribution is 5.80. The van der Waals surface area contributed by atoms with E-state index in [0.29, 0.717) is 0 Å². The average molecular weight is 407 g/mol. The zero-order chi connectivity index (χ0) is 22.0. The molecule has 0 heterocycles. The van der Waals surface area contributed by atoms with Gasteiger partial charge in [-0.2, -0.15) is 0 Å². The second kappa shape index (κ2) is 12.3. The van der Waals surface area contributed by atoms with Gasteiger partial charge in [0.05, 0.1) is 0 Å². The Morgan fingerprint density at radius 3 is 1.57 bits per heavy atom. The monoisotopic (exact) mass is 406 g/mol. The summed E-state index contributed by atoms with van der Waals surface area (Å²) in [6, 6.07) is 11.3. The first-order chi connectivity index (χ1) is 14.7. The molecule has 0 aromatic heterocycles. The SMILES string of the molecule is CC/C=C(/c1ccccc1)C1(CCC)C(CCC)=C(CCC)C(CCC)=C1CCC. The fraction of sp³-hybridized carbons (Fsp3) is 0.600. The smallest absolute Gasteiger partial charge is 0.0384 e. The molecule has 0 amide bonds. The van der Waals surface area contributed by atoms with Gasteiger partial charge in [0.1, 0.15) is 0 Å². The standard InChI is InChI=1S/C30H46/c1-7-16-25-26(17-8-2)29(20-11-5)30(23-12-6,28(25)19-10-4)27(18-9-3)24-21-14-13-15-22-24/h13-15,18,21-22H,7-12,16-17,19-20,23H2,1-6H3/b27-18-. The summed E-state index contributed by atoms with van der Waals surface area (Å²) in [5.74, 6) is 0. The van der Waals surface area contributed by atoms with Crippen molar-refractivity contribution in [1.82, 2.24) is 0 Å². The maximum Gasteiger partial charge on any atom is 0.0384 e. The zero-order valence-corrected chi connectivity index (χ0v) is 20.7. The molecule has 0 saturated heterocycles. The second-order valence-electron chi connectivity index (χ2n) is 8.96. The highest BCUT2D eigenvalue weighted by atomic mass is 14.5. The quantitative estimate of drug-likeness (QED) is 0.305. The molecule has 0 nitrogen and oxygen atoms in total. The molecule has 0 unspecified atom stereocenters. The molecule has 1 aromatic rings. The Balaban J connectivity index is 2.91. The van der Waals surface area contributed by atoms with E-state index in [1.807, 2.05) is 0 Å². The Kier molecular flexibility index (Phi) is 10.2. The first-order valence-corrected chi connectivity index (χ1v) is 12.9. The van der Waals surface area contributed by atoms with Crippen molar-refractivity contribution in [3.8, 4) is 0 Å². The minimum absolute atomic E-state index is 0.118. The summed E-state index contributed by atoms with van der Waals surface area (Å²) in [7, 11) is 0. The molecular formula is C30H46. The van der Waals surface area contributed by atoms with E-state index in [-0.39, 0.29) is 5.41 Å². The van der Waals surface area contributed by atoms with Crippen molar-refractivity contribution in [1.29, 1.82) is 0 Å². The Hall–Kier alpha value is -1.56. The predicted octanol–water partition coefficient (Wildman–Crippen LogP) is 10.1. The molecule has 0 bridgehead atoms. The van der Waals surface area contributed by atoms with E-state index in [0.717, 1.165) is 6.42 Å². The van der Waals surface area contributed by atoms with Gasteiger partial charge in [-0.3, -0.25) is 0 Å². The van der Waals surface area contributed by atoms with Gasteiger partial charge in [-0.15, -0.1) is 0 Å². The molecule has 2 rings (SSSR count). The lowest BCUT2D eigenvalue weighted by Crippen LogP contribution is -2.27. The number of benzene rings is 1. The van der Waals surface area contributed by atoms with Crippen molar-refractivity contribution in [3.63, 3.8) is 0 Å². The molecule has 0 saturated carbocycles. The normalized spacial score (nSPS) is 16.7. The molecule has 0 radical (unpaired) electrons. The van der Waals surface area contributed by atoms with E-state index in [2.05, 4.69) is 78.0 Å². The fourth-order valence-corrected chi connectivity index (χ4v) is 5.89. The molecule has 0 heteroatoms. The van der Waals surface area contributed by atoms with Crippen molar-refractivity contribution in [3.05, 3.63) is 64.3 Å². The third-order valence-electron chi connectivity index (χ3n) is 6.70. The van der Waals surface area contributed by atoms with Gasteiger partial charge < -0.3 is 0 Å². The maximum atomic E-state index is 2.56. The number of hydrogen-bond acceptors (Lipinski definition) is 0. The van der Waals surface area contributed by atoms with Crippen LogP contribution in [0.3, 0.4) is 0 Å². The van der Waals surface area contributed by atoms with Gasteiger partial charge in [0, 0.05) is 5.41 Å². The molecule has 1 aliphatic carbocycles. The van der Waals surface area contributed by atoms with E-state index >= 15 is 0 Å². The number of allylic oxidation sites excluding steroid dienone is 6. The van der Waals surface area contributed by atoms with Crippen LogP contribution in [0, 0.1) is 5.41 Å². The molecule has 30 heavy (non-hydrogen) atoms. The largest absolute Gasteiger partial charge is 0.0798 e. The molecule has 0 atom stereocenters. The molecule has 0 aliphatic heterocycles. The van der Waals surface area contributed by atoms with Crippen molar-refractivity contribution >= 4 is 5.57 Å². The minimum Gasteiger partial charge on any atom is -0.0798 e. The van der Waals surface area contributed by atoms with Crippen molar-refractivity contribution in [2.45, 2.75) is 112 Å². The number of rotatable bonds is 13. The van der Waals surface area contributed by atoms with Crippen LogP contribution in [-0.4, -0.2) is 0 Å². The number of hydrogen-bond donors (Lipinski definition) is 0. The highest BCUT2D eigenvalue weighted by Gasteiger charge is 2.46. The van der Waals surface area contributed by atoms with Gasteiger partial charge >= 0.3 is 0 Å². The highest BCUT2D eigenvalue weighted by Crippen LogP contribution is 2.61. The Labute approximate surface area is 187 Å². The van der Waals surface area contributed by atoms with Gasteiger partial charge in [0.15, 0.2) is 0 Å². The van der Waals surface area contributed by atoms with Crippen LogP contribution < -0.4 is 0 Å². The molecule has 0 N–H and O–H groups in total. The molecule has 166 valence electrons. The van der Waals surface area contributed by atoms with Crippen LogP contribution in [0.5, 0.6) is 0 Å². The molecule has 1 aliphatic rings. The molecule has 0 spiro atoms. The van der Waals surface area contributed by atoms with Gasteiger partial charge in [0.25, 0.3) is 0 Å². The lowest BCUT2D eigenvalue weighted by molar-refractivity contribution is 0.475. The summed E-state index contributed by atoms with van der Waals surface area (Å²) in [6.45, 7) is 14.2. The van der Waals surface area contributed by atoms with Crippen LogP contribution in [0.4, 0.5) is 0 Å². The zero-order valence-electron chi connectivity index (χ0n) is 20.7. The first kappa shape index (κ1) is 24.7. The van der Waals surface area contributed by atoms with Crippen LogP contribution >= 0.6 is 0 Å². The topological polar surface area (TPSA) is 0 Å². The minimum atomic E-state index is 0.118. The Bertz CT molecular complexity index is 710. The lowest BCUT2D eigenvalue weighted by Gasteiger charge is -2.40. The van der Waals surface area contributed by atoms with E-state index in [1.165, 1.54) is 69.8 Å². The van der Waals surface area contributed by atoms with Gasteiger partial charge in [0.2, 0.25) is 0 Å². The molecule has 1 aromatic carbocycles. The summed E-state index contributed by atoms with van der Waals surface area (Å²) < 4.78 is 0. The first-order valence-electron chi connectivity index (χ1n) is 12.9. The van der Waals surface area contributed by atoms with E-state index in [9.17, 15) is 0 Å². The summed E-state index contributed by atoms with van der Waals surface area (Å²) in [4.78, 5) is 0. The van der Waals surface area contributed by atoms with Crippen LogP contribution in [-0.2, 0) is 0 Å². The van der Waals surface area contributed by atoms with Crippen LogP contribution in [0.15, 0.2) is 58.7 Å². The third kappa shape index (κ3) is 4.84. The average Bonchev–Trinajstić information content (AvgIpc) is 2.98. The third-order valence-corrected chi connectivity index (χ3v) is 6.70. The van der Waals surface area contributed by atoms with Crippen LogP contribution in [0.1, 0.15) is 118 Å². The van der Waals surface area contributed by atoms with E-state index < -0.39 is 0 Å². The van der Waals surface area contributed by atoms with Crippen molar-refractivity contribution < 1.29 is 0 Å². The molecular weight excluding hydrogens is 360 g/mol. The summed E-state index contributed by atoms with van der Waals surface area (Å²) >= 11 is 0. The van der Waals surface area contributed by atoms with Gasteiger partial charge in [-0.1, -0.05) is 121 Å². The van der Waals surface area contributed by atoms with Crippen LogP contribution in [0.2, 0.25) is 0 Å². The Morgan fingerprint density at radius 2 is 1.17 bits per heavy atom. The van der Waals surface area contributed by atoms with Crippen LogP contribution in [0.25, 0.3) is 5.57 Å². The Morgan fingerprint density at radius 1 is 0.667 bits per heavy atom. The van der Waals surface area contributed by atoms with E-state index in [4.69, 9.17) is 0 Å². The van der Waals surface area contributed by atoms with Crippen molar-refractivity contribution in [2.75, 3.05) is 0 Å². The van der Waals surface area contributed by atoms with Crippen molar-refractivity contribution in [2.24, 2.45) is 5.41 Å². The predicted molar refractivity (Wildman–Crippen MR) is 136 cm³/mol. The summed E-state index contributed by atoms with van der Waals surface area (Å²) in [6.07, 6.45) is 16.1. The lowest BCUT2D eigenvalue weighted by atomic mass is 9.63. The van der Waals surface area contributed by atoms with Gasteiger partial charge in [-0.25, -0.2) is 0 Å². The second-order valence-corrected chi connectivity index (χ2v) is 8.96. The fourth-order valence-electron chi connectivity index (χ4n) is 5.89. The summed E-state index contributed by atoms with van der Waals surface area (Å²) in [5.41, 5.74) is 10.2. The maximum absolute atomic E-state index is 2.56. The van der Waals surface area contributed by atoms with Gasteiger partial charge in [-0.05, 0) is 60.8 Å². The molecule has 0 fully saturated rings. The van der Waals surface area contributed by atoms with E-state index in [1.54, 1.807) is 27.9 Å².